The molecule has 0 radical (unpaired) electrons. The summed E-state index contributed by atoms with van der Waals surface area (Å²) in [4.78, 5) is 47.3. The molecule has 36 heavy (non-hydrogen) atoms. The number of carbonyl (C=O) groups excluding carboxylic acids is 4. The number of hydrogen-bond donors (Lipinski definition) is 0. The van der Waals surface area contributed by atoms with E-state index in [1.165, 1.54) is 17.9 Å². The van der Waals surface area contributed by atoms with Gasteiger partial charge in [0.25, 0.3) is 0 Å². The van der Waals surface area contributed by atoms with Crippen molar-refractivity contribution in [2.45, 2.75) is 60.3 Å². The molecule has 9 heteroatoms. The smallest absolute Gasteiger partial charge is 0.324 e. The van der Waals surface area contributed by atoms with E-state index in [4.69, 9.17) is 18.9 Å². The third-order valence-corrected chi connectivity index (χ3v) is 5.62. The van der Waals surface area contributed by atoms with Crippen molar-refractivity contribution in [2.75, 3.05) is 38.4 Å². The fourth-order valence-corrected chi connectivity index (χ4v) is 3.14. The molecule has 0 fully saturated rings. The Balaban J connectivity index is 0. The molecular weight excluding hydrogens is 484 g/mol. The van der Waals surface area contributed by atoms with Crippen LogP contribution in [0.25, 0.3) is 0 Å². The number of carbonyl (C=O) groups is 4. The van der Waals surface area contributed by atoms with Gasteiger partial charge >= 0.3 is 23.9 Å². The zero-order valence-corrected chi connectivity index (χ0v) is 23.6. The highest BCUT2D eigenvalue weighted by atomic mass is 32.2. The molecule has 0 saturated heterocycles. The van der Waals surface area contributed by atoms with Gasteiger partial charge in [-0.15, -0.1) is 13.2 Å². The molecular formula is C27H44O8S. The zero-order chi connectivity index (χ0) is 28.0. The molecule has 0 N–H and O–H groups in total. The maximum Gasteiger partial charge on any atom is 0.324 e. The Kier molecular flexibility index (Phi) is 20.4. The minimum atomic E-state index is -1.34. The Morgan fingerprint density at radius 2 is 1.11 bits per heavy atom. The van der Waals surface area contributed by atoms with E-state index in [2.05, 4.69) is 26.3 Å². The van der Waals surface area contributed by atoms with E-state index in [0.717, 1.165) is 0 Å². The number of rotatable bonds is 13. The van der Waals surface area contributed by atoms with Gasteiger partial charge in [0.2, 0.25) is 0 Å². The highest BCUT2D eigenvalue weighted by Gasteiger charge is 2.49. The average Bonchev–Trinajstić information content (AvgIpc) is 3.36. The summed E-state index contributed by atoms with van der Waals surface area (Å²) in [6.45, 7) is 17.1. The van der Waals surface area contributed by atoms with Crippen LogP contribution in [0.3, 0.4) is 0 Å². The molecule has 0 aromatic rings. The van der Waals surface area contributed by atoms with E-state index in [1.54, 1.807) is 27.7 Å². The van der Waals surface area contributed by atoms with E-state index in [0.29, 0.717) is 12.8 Å². The van der Waals surface area contributed by atoms with Gasteiger partial charge in [-0.25, -0.2) is 0 Å². The van der Waals surface area contributed by atoms with Gasteiger partial charge in [0.1, 0.15) is 0 Å². The molecule has 1 aliphatic carbocycles. The summed E-state index contributed by atoms with van der Waals surface area (Å²) in [6, 6.07) is 0. The minimum absolute atomic E-state index is 0.177. The van der Waals surface area contributed by atoms with Gasteiger partial charge in [-0.1, -0.05) is 31.2 Å². The van der Waals surface area contributed by atoms with E-state index in [9.17, 15) is 19.2 Å². The predicted molar refractivity (Wildman–Crippen MR) is 143 cm³/mol. The lowest BCUT2D eigenvalue weighted by molar-refractivity contribution is -0.173. The Labute approximate surface area is 220 Å². The monoisotopic (exact) mass is 528 g/mol. The molecule has 206 valence electrons. The number of esters is 4. The van der Waals surface area contributed by atoms with Gasteiger partial charge in [-0.2, -0.15) is 11.8 Å². The van der Waals surface area contributed by atoms with Gasteiger partial charge in [-0.3, -0.25) is 19.2 Å². The Morgan fingerprint density at radius 1 is 0.778 bits per heavy atom. The molecule has 0 amide bonds. The summed E-state index contributed by atoms with van der Waals surface area (Å²) in [5.41, 5.74) is -2.46. The van der Waals surface area contributed by atoms with Crippen molar-refractivity contribution in [1.82, 2.24) is 0 Å². The van der Waals surface area contributed by atoms with Crippen LogP contribution < -0.4 is 0 Å². The van der Waals surface area contributed by atoms with Crippen LogP contribution in [0.15, 0.2) is 37.5 Å². The zero-order valence-electron chi connectivity index (χ0n) is 22.8. The number of thioether (sulfide) groups is 1. The van der Waals surface area contributed by atoms with Crippen molar-refractivity contribution in [3.8, 4) is 0 Å². The average molecular weight is 529 g/mol. The topological polar surface area (TPSA) is 105 Å². The molecule has 0 spiro atoms. The van der Waals surface area contributed by atoms with Crippen LogP contribution in [-0.4, -0.2) is 62.3 Å². The second-order valence-electron chi connectivity index (χ2n) is 7.49. The van der Waals surface area contributed by atoms with Crippen molar-refractivity contribution >= 4 is 35.6 Å². The summed E-state index contributed by atoms with van der Waals surface area (Å²) in [7, 11) is 0. The second kappa shape index (κ2) is 20.6. The van der Waals surface area contributed by atoms with Gasteiger partial charge in [0, 0.05) is 0 Å². The normalized spacial score (nSPS) is 13.1. The first-order valence-electron chi connectivity index (χ1n) is 12.2. The Hall–Kier alpha value is -2.55. The highest BCUT2D eigenvalue weighted by Crippen LogP contribution is 2.36. The molecule has 1 rings (SSSR count). The Morgan fingerprint density at radius 3 is 1.36 bits per heavy atom. The van der Waals surface area contributed by atoms with E-state index in [1.807, 2.05) is 23.9 Å². The van der Waals surface area contributed by atoms with Crippen molar-refractivity contribution < 1.29 is 38.1 Å². The molecule has 0 unspecified atom stereocenters. The van der Waals surface area contributed by atoms with E-state index in [-0.39, 0.29) is 39.3 Å². The van der Waals surface area contributed by atoms with Gasteiger partial charge in [0.05, 0.1) is 26.4 Å². The summed E-state index contributed by atoms with van der Waals surface area (Å²) in [6.07, 6.45) is 9.86. The van der Waals surface area contributed by atoms with Crippen molar-refractivity contribution in [3.63, 3.8) is 0 Å². The van der Waals surface area contributed by atoms with Crippen LogP contribution in [-0.2, 0) is 38.1 Å². The predicted octanol–water partition coefficient (Wildman–Crippen LogP) is 5.07. The van der Waals surface area contributed by atoms with Crippen LogP contribution in [0.5, 0.6) is 0 Å². The molecule has 0 aromatic carbocycles. The van der Waals surface area contributed by atoms with Crippen LogP contribution in [0.2, 0.25) is 0 Å². The molecule has 0 heterocycles. The maximum absolute atomic E-state index is 11.9. The lowest BCUT2D eigenvalue weighted by Gasteiger charge is -2.26. The molecule has 0 bridgehead atoms. The summed E-state index contributed by atoms with van der Waals surface area (Å²) < 4.78 is 19.7. The lowest BCUT2D eigenvalue weighted by atomic mass is 9.81. The molecule has 0 saturated carbocycles. The first-order valence-corrected chi connectivity index (χ1v) is 13.6. The summed E-state index contributed by atoms with van der Waals surface area (Å²) in [5, 5.41) is 0. The first kappa shape index (κ1) is 35.6. The standard InChI is InChI=1S/C13H20O4.C11H16O4.C3H8S/c1-5-9-13(10-6-2,11(14)16-7-3)12(15)17-8-4;1-3-14-9(12)11(7-5-6-8-11)10(13)15-4-2;1-3-4-2/h5-6H,1-2,7-10H2,3-4H3;5-6H,3-4,7-8H2,1-2H3;3H2,1-2H3. The van der Waals surface area contributed by atoms with Crippen molar-refractivity contribution in [3.05, 3.63) is 37.5 Å². The van der Waals surface area contributed by atoms with E-state index < -0.39 is 34.7 Å². The SMILES string of the molecule is C=CCC(CC=C)(C(=O)OCC)C(=O)OCC.CCOC(=O)C1(C(=O)OCC)CC=CC1.CCSC. The first-order chi connectivity index (χ1) is 17.2. The molecule has 8 nitrogen and oxygen atoms in total. The highest BCUT2D eigenvalue weighted by molar-refractivity contribution is 7.98. The van der Waals surface area contributed by atoms with Gasteiger partial charge in [0.15, 0.2) is 10.8 Å². The number of hydrogen-bond acceptors (Lipinski definition) is 9. The third-order valence-electron chi connectivity index (χ3n) is 5.04. The van der Waals surface area contributed by atoms with Crippen LogP contribution in [0.4, 0.5) is 0 Å². The van der Waals surface area contributed by atoms with Gasteiger partial charge < -0.3 is 18.9 Å². The van der Waals surface area contributed by atoms with Crippen molar-refractivity contribution in [1.29, 1.82) is 0 Å². The largest absolute Gasteiger partial charge is 0.465 e. The number of allylic oxidation sites excluding steroid dienone is 4. The molecule has 0 aliphatic heterocycles. The molecule has 0 aromatic heterocycles. The summed E-state index contributed by atoms with van der Waals surface area (Å²) >= 11 is 1.86. The van der Waals surface area contributed by atoms with Crippen molar-refractivity contribution in [2.24, 2.45) is 10.8 Å². The van der Waals surface area contributed by atoms with Crippen LogP contribution >= 0.6 is 11.8 Å². The summed E-state index contributed by atoms with van der Waals surface area (Å²) in [5.74, 6) is -0.890. The lowest BCUT2D eigenvalue weighted by Crippen LogP contribution is -2.41. The molecule has 0 atom stereocenters. The van der Waals surface area contributed by atoms with E-state index >= 15 is 0 Å². The minimum Gasteiger partial charge on any atom is -0.465 e. The second-order valence-corrected chi connectivity index (χ2v) is 8.64. The quantitative estimate of drug-likeness (QED) is 0.140. The fraction of sp³-hybridized carbons (Fsp3) is 0.630. The van der Waals surface area contributed by atoms with Gasteiger partial charge in [-0.05, 0) is 65.4 Å². The number of ether oxygens (including phenoxy) is 4. The Bertz CT molecular complexity index is 669. The fourth-order valence-electron chi connectivity index (χ4n) is 3.14. The maximum atomic E-state index is 11.9. The van der Waals surface area contributed by atoms with Crippen LogP contribution in [0.1, 0.15) is 60.3 Å². The molecule has 1 aliphatic rings. The van der Waals surface area contributed by atoms with Crippen LogP contribution in [0, 0.1) is 10.8 Å². The third kappa shape index (κ3) is 11.0.